The maximum Gasteiger partial charge on any atom is 0.133 e. The van der Waals surface area contributed by atoms with Crippen molar-refractivity contribution >= 4 is 17.4 Å². The van der Waals surface area contributed by atoms with Crippen molar-refractivity contribution in [2.24, 2.45) is 0 Å². The number of rotatable bonds is 2. The molecule has 24 heavy (non-hydrogen) atoms. The van der Waals surface area contributed by atoms with E-state index in [9.17, 15) is 9.65 Å². The molecule has 118 valence electrons. The molecule has 6 heteroatoms. The van der Waals surface area contributed by atoms with Crippen LogP contribution in [0.5, 0.6) is 0 Å². The van der Waals surface area contributed by atoms with E-state index in [1.54, 1.807) is 16.8 Å². The fourth-order valence-electron chi connectivity index (χ4n) is 3.00. The van der Waals surface area contributed by atoms with Crippen molar-refractivity contribution in [2.75, 3.05) is 11.9 Å². The highest BCUT2D eigenvalue weighted by atomic mass is 35.5. The van der Waals surface area contributed by atoms with Gasteiger partial charge in [-0.2, -0.15) is 10.4 Å². The van der Waals surface area contributed by atoms with E-state index in [2.05, 4.69) is 16.5 Å². The first-order valence-corrected chi connectivity index (χ1v) is 7.87. The number of nitrogens with one attached hydrogen (secondary N) is 1. The van der Waals surface area contributed by atoms with Gasteiger partial charge in [0, 0.05) is 17.7 Å². The van der Waals surface area contributed by atoms with Crippen molar-refractivity contribution in [3.05, 3.63) is 64.4 Å². The molecule has 1 aliphatic heterocycles. The minimum absolute atomic E-state index is 0.322. The second kappa shape index (κ2) is 5.66. The van der Waals surface area contributed by atoms with Gasteiger partial charge in [0.15, 0.2) is 0 Å². The lowest BCUT2D eigenvalue weighted by molar-refractivity contribution is 0.628. The minimum Gasteiger partial charge on any atom is -0.369 e. The SMILES string of the molecule is N#Cc1ccccc1-n1nc(-c2ccc(F)cc2Cl)c2c1NCC2. The van der Waals surface area contributed by atoms with E-state index in [-0.39, 0.29) is 5.82 Å². The van der Waals surface area contributed by atoms with Crippen molar-refractivity contribution in [3.63, 3.8) is 0 Å². The Hall–Kier alpha value is -2.84. The van der Waals surface area contributed by atoms with Crippen LogP contribution in [-0.4, -0.2) is 16.3 Å². The van der Waals surface area contributed by atoms with Gasteiger partial charge in [0.25, 0.3) is 0 Å². The fourth-order valence-corrected chi connectivity index (χ4v) is 3.26. The average Bonchev–Trinajstić information content (AvgIpc) is 3.18. The summed E-state index contributed by atoms with van der Waals surface area (Å²) in [6.45, 7) is 0.785. The van der Waals surface area contributed by atoms with Crippen LogP contribution < -0.4 is 5.32 Å². The van der Waals surface area contributed by atoms with Gasteiger partial charge in [-0.25, -0.2) is 9.07 Å². The Balaban J connectivity index is 1.95. The van der Waals surface area contributed by atoms with Crippen LogP contribution in [-0.2, 0) is 6.42 Å². The normalized spacial score (nSPS) is 12.5. The quantitative estimate of drug-likeness (QED) is 0.763. The van der Waals surface area contributed by atoms with Crippen molar-refractivity contribution in [1.82, 2.24) is 9.78 Å². The lowest BCUT2D eigenvalue weighted by Crippen LogP contribution is -2.05. The second-order valence-electron chi connectivity index (χ2n) is 5.52. The summed E-state index contributed by atoms with van der Waals surface area (Å²) in [5.74, 6) is 0.473. The van der Waals surface area contributed by atoms with E-state index in [1.165, 1.54) is 12.1 Å². The van der Waals surface area contributed by atoms with E-state index < -0.39 is 0 Å². The Morgan fingerprint density at radius 1 is 1.25 bits per heavy atom. The number of para-hydroxylation sites is 1. The van der Waals surface area contributed by atoms with E-state index in [0.29, 0.717) is 27.5 Å². The van der Waals surface area contributed by atoms with E-state index in [0.717, 1.165) is 24.3 Å². The van der Waals surface area contributed by atoms with E-state index >= 15 is 0 Å². The van der Waals surface area contributed by atoms with Gasteiger partial charge < -0.3 is 5.32 Å². The van der Waals surface area contributed by atoms with Crippen LogP contribution in [0.3, 0.4) is 0 Å². The molecule has 1 aromatic heterocycles. The molecule has 4 rings (SSSR count). The Morgan fingerprint density at radius 2 is 2.08 bits per heavy atom. The van der Waals surface area contributed by atoms with Gasteiger partial charge in [-0.05, 0) is 36.8 Å². The zero-order chi connectivity index (χ0) is 16.7. The van der Waals surface area contributed by atoms with Gasteiger partial charge in [0.1, 0.15) is 17.7 Å². The van der Waals surface area contributed by atoms with Gasteiger partial charge in [-0.15, -0.1) is 0 Å². The number of anilines is 1. The number of benzene rings is 2. The summed E-state index contributed by atoms with van der Waals surface area (Å²) < 4.78 is 15.1. The number of hydrogen-bond acceptors (Lipinski definition) is 3. The highest BCUT2D eigenvalue weighted by molar-refractivity contribution is 6.33. The molecule has 1 N–H and O–H groups in total. The molecule has 0 saturated carbocycles. The molecular weight excluding hydrogens is 327 g/mol. The average molecular weight is 339 g/mol. The Labute approximate surface area is 143 Å². The molecule has 0 unspecified atom stereocenters. The molecule has 1 aliphatic rings. The number of nitriles is 1. The second-order valence-corrected chi connectivity index (χ2v) is 5.92. The smallest absolute Gasteiger partial charge is 0.133 e. The first-order valence-electron chi connectivity index (χ1n) is 7.49. The van der Waals surface area contributed by atoms with Gasteiger partial charge >= 0.3 is 0 Å². The molecule has 0 spiro atoms. The Bertz CT molecular complexity index is 987. The topological polar surface area (TPSA) is 53.6 Å². The monoisotopic (exact) mass is 338 g/mol. The molecule has 0 bridgehead atoms. The number of nitrogens with zero attached hydrogens (tertiary/aromatic N) is 3. The summed E-state index contributed by atoms with van der Waals surface area (Å²) in [7, 11) is 0. The molecule has 0 radical (unpaired) electrons. The molecule has 2 aromatic carbocycles. The zero-order valence-corrected chi connectivity index (χ0v) is 13.3. The molecule has 0 fully saturated rings. The summed E-state index contributed by atoms with van der Waals surface area (Å²) in [5, 5.41) is 17.7. The molecule has 0 atom stereocenters. The largest absolute Gasteiger partial charge is 0.369 e. The predicted octanol–water partition coefficient (Wildman–Crippen LogP) is 4.17. The van der Waals surface area contributed by atoms with Crippen LogP contribution in [0.15, 0.2) is 42.5 Å². The first-order chi connectivity index (χ1) is 11.7. The Morgan fingerprint density at radius 3 is 2.88 bits per heavy atom. The van der Waals surface area contributed by atoms with E-state index in [1.807, 2.05) is 18.2 Å². The molecule has 0 saturated heterocycles. The summed E-state index contributed by atoms with van der Waals surface area (Å²) in [5.41, 5.74) is 3.67. The zero-order valence-electron chi connectivity index (χ0n) is 12.6. The molecular formula is C18H12ClFN4. The maximum atomic E-state index is 13.3. The highest BCUT2D eigenvalue weighted by Crippen LogP contribution is 2.38. The van der Waals surface area contributed by atoms with Crippen LogP contribution >= 0.6 is 11.6 Å². The molecule has 0 aliphatic carbocycles. The first kappa shape index (κ1) is 14.7. The van der Waals surface area contributed by atoms with Crippen molar-refractivity contribution in [1.29, 1.82) is 5.26 Å². The number of hydrogen-bond donors (Lipinski definition) is 1. The summed E-state index contributed by atoms with van der Waals surface area (Å²) >= 11 is 6.22. The maximum absolute atomic E-state index is 13.3. The summed E-state index contributed by atoms with van der Waals surface area (Å²) in [4.78, 5) is 0. The van der Waals surface area contributed by atoms with E-state index in [4.69, 9.17) is 11.6 Å². The standard InChI is InChI=1S/C18H12ClFN4/c19-15-9-12(20)5-6-13(15)17-14-7-8-22-18(14)24(23-17)16-4-2-1-3-11(16)10-21/h1-6,9,22H,7-8H2. The molecule has 4 nitrogen and oxygen atoms in total. The van der Waals surface area contributed by atoms with Gasteiger partial charge in [-0.3, -0.25) is 0 Å². The van der Waals surface area contributed by atoms with Crippen LogP contribution in [0.2, 0.25) is 5.02 Å². The number of aromatic nitrogens is 2. The van der Waals surface area contributed by atoms with Crippen molar-refractivity contribution in [2.45, 2.75) is 6.42 Å². The van der Waals surface area contributed by atoms with Gasteiger partial charge in [0.2, 0.25) is 0 Å². The molecule has 0 amide bonds. The third-order valence-electron chi connectivity index (χ3n) is 4.09. The Kier molecular flexibility index (Phi) is 3.47. The van der Waals surface area contributed by atoms with Crippen molar-refractivity contribution < 1.29 is 4.39 Å². The minimum atomic E-state index is -0.382. The lowest BCUT2D eigenvalue weighted by atomic mass is 10.1. The third-order valence-corrected chi connectivity index (χ3v) is 4.40. The molecule has 3 aromatic rings. The summed E-state index contributed by atoms with van der Waals surface area (Å²) in [6.07, 6.45) is 0.799. The lowest BCUT2D eigenvalue weighted by Gasteiger charge is -2.08. The van der Waals surface area contributed by atoms with Crippen LogP contribution in [0.4, 0.5) is 10.2 Å². The highest BCUT2D eigenvalue weighted by Gasteiger charge is 2.25. The van der Waals surface area contributed by atoms with Crippen molar-refractivity contribution in [3.8, 4) is 23.0 Å². The van der Waals surface area contributed by atoms with Gasteiger partial charge in [-0.1, -0.05) is 23.7 Å². The fraction of sp³-hybridized carbons (Fsp3) is 0.111. The molecule has 2 heterocycles. The van der Waals surface area contributed by atoms with Crippen LogP contribution in [0, 0.1) is 17.1 Å². The third kappa shape index (κ3) is 2.24. The number of fused-ring (bicyclic) bond motifs is 1. The summed E-state index contributed by atoms with van der Waals surface area (Å²) in [6, 6.07) is 13.8. The number of halogens is 2. The van der Waals surface area contributed by atoms with Gasteiger partial charge in [0.05, 0.1) is 22.0 Å². The van der Waals surface area contributed by atoms with Crippen LogP contribution in [0.25, 0.3) is 16.9 Å². The predicted molar refractivity (Wildman–Crippen MR) is 90.9 cm³/mol. The van der Waals surface area contributed by atoms with Crippen LogP contribution in [0.1, 0.15) is 11.1 Å².